The molecule has 19 heavy (non-hydrogen) atoms. The zero-order valence-electron chi connectivity index (χ0n) is 12.4. The zero-order valence-corrected chi connectivity index (χ0v) is 12.4. The third kappa shape index (κ3) is 3.21. The van der Waals surface area contributed by atoms with E-state index in [1.165, 1.54) is 19.5 Å². The molecule has 1 saturated heterocycles. The fourth-order valence-corrected chi connectivity index (χ4v) is 2.83. The highest BCUT2D eigenvalue weighted by molar-refractivity contribution is 5.65. The SMILES string of the molecule is CCCc1nn(C)c(NCC2CCN(CC)C2)c1N. The fraction of sp³-hybridized carbons (Fsp3) is 0.786. The lowest BCUT2D eigenvalue weighted by atomic mass is 10.1. The molecule has 0 aliphatic carbocycles. The van der Waals surface area contributed by atoms with Crippen LogP contribution >= 0.6 is 0 Å². The van der Waals surface area contributed by atoms with E-state index in [0.717, 1.165) is 49.0 Å². The number of hydrogen-bond acceptors (Lipinski definition) is 4. The molecule has 1 aromatic heterocycles. The summed E-state index contributed by atoms with van der Waals surface area (Å²) in [6.45, 7) is 8.95. The van der Waals surface area contributed by atoms with Gasteiger partial charge < -0.3 is 16.0 Å². The van der Waals surface area contributed by atoms with Crippen molar-refractivity contribution in [3.05, 3.63) is 5.69 Å². The van der Waals surface area contributed by atoms with Gasteiger partial charge in [0.05, 0.1) is 11.4 Å². The largest absolute Gasteiger partial charge is 0.394 e. The van der Waals surface area contributed by atoms with E-state index in [-0.39, 0.29) is 0 Å². The molecule has 0 saturated carbocycles. The third-order valence-corrected chi connectivity index (χ3v) is 4.02. The Morgan fingerprint density at radius 2 is 2.21 bits per heavy atom. The van der Waals surface area contributed by atoms with Gasteiger partial charge in [-0.2, -0.15) is 5.10 Å². The molecular weight excluding hydrogens is 238 g/mol. The van der Waals surface area contributed by atoms with E-state index in [1.807, 2.05) is 11.7 Å². The lowest BCUT2D eigenvalue weighted by molar-refractivity contribution is 0.345. The van der Waals surface area contributed by atoms with Crippen LogP contribution in [0.15, 0.2) is 0 Å². The van der Waals surface area contributed by atoms with E-state index in [9.17, 15) is 0 Å². The van der Waals surface area contributed by atoms with Crippen LogP contribution in [0, 0.1) is 5.92 Å². The van der Waals surface area contributed by atoms with Gasteiger partial charge in [0.15, 0.2) is 0 Å². The summed E-state index contributed by atoms with van der Waals surface area (Å²) in [7, 11) is 1.96. The molecular formula is C14H27N5. The molecule has 0 spiro atoms. The van der Waals surface area contributed by atoms with Gasteiger partial charge in [-0.1, -0.05) is 20.3 Å². The highest BCUT2D eigenvalue weighted by atomic mass is 15.3. The van der Waals surface area contributed by atoms with Gasteiger partial charge in [0.25, 0.3) is 0 Å². The molecule has 0 bridgehead atoms. The molecule has 2 heterocycles. The Bertz CT molecular complexity index is 412. The van der Waals surface area contributed by atoms with Gasteiger partial charge in [0.2, 0.25) is 0 Å². The predicted octanol–water partition coefficient (Wildman–Crippen LogP) is 1.71. The molecule has 0 aromatic carbocycles. The molecule has 1 aliphatic heterocycles. The second-order valence-corrected chi connectivity index (χ2v) is 5.51. The number of rotatable bonds is 6. The summed E-state index contributed by atoms with van der Waals surface area (Å²) in [6, 6.07) is 0. The van der Waals surface area contributed by atoms with Gasteiger partial charge in [-0.3, -0.25) is 4.68 Å². The molecule has 1 atom stereocenters. The second kappa shape index (κ2) is 6.28. The van der Waals surface area contributed by atoms with Crippen molar-refractivity contribution in [3.8, 4) is 0 Å². The first-order valence-electron chi connectivity index (χ1n) is 7.43. The van der Waals surface area contributed by atoms with E-state index in [4.69, 9.17) is 5.73 Å². The summed E-state index contributed by atoms with van der Waals surface area (Å²) in [5.41, 5.74) is 8.02. The highest BCUT2D eigenvalue weighted by Crippen LogP contribution is 2.24. The van der Waals surface area contributed by atoms with Crippen molar-refractivity contribution in [3.63, 3.8) is 0 Å². The second-order valence-electron chi connectivity index (χ2n) is 5.51. The average molecular weight is 265 g/mol. The van der Waals surface area contributed by atoms with Gasteiger partial charge in [-0.05, 0) is 31.8 Å². The number of likely N-dealkylation sites (tertiary alicyclic amines) is 1. The smallest absolute Gasteiger partial charge is 0.147 e. The van der Waals surface area contributed by atoms with Gasteiger partial charge in [0.1, 0.15) is 5.82 Å². The predicted molar refractivity (Wildman–Crippen MR) is 80.3 cm³/mol. The van der Waals surface area contributed by atoms with Crippen LogP contribution in [0.4, 0.5) is 11.5 Å². The Morgan fingerprint density at radius 1 is 1.42 bits per heavy atom. The number of anilines is 2. The minimum Gasteiger partial charge on any atom is -0.394 e. The minimum atomic E-state index is 0.726. The monoisotopic (exact) mass is 265 g/mol. The van der Waals surface area contributed by atoms with Crippen LogP contribution in [0.1, 0.15) is 32.4 Å². The number of aryl methyl sites for hydroxylation is 2. The molecule has 1 aliphatic rings. The molecule has 0 radical (unpaired) electrons. The molecule has 1 aromatic rings. The van der Waals surface area contributed by atoms with Gasteiger partial charge in [0, 0.05) is 20.1 Å². The van der Waals surface area contributed by atoms with Crippen LogP contribution in [0.25, 0.3) is 0 Å². The van der Waals surface area contributed by atoms with E-state index < -0.39 is 0 Å². The fourth-order valence-electron chi connectivity index (χ4n) is 2.83. The quantitative estimate of drug-likeness (QED) is 0.822. The molecule has 0 amide bonds. The van der Waals surface area contributed by atoms with E-state index in [1.54, 1.807) is 0 Å². The van der Waals surface area contributed by atoms with Crippen molar-refractivity contribution in [2.45, 2.75) is 33.1 Å². The standard InChI is InChI=1S/C14H27N5/c1-4-6-12-13(15)14(18(3)17-12)16-9-11-7-8-19(5-2)10-11/h11,16H,4-10,15H2,1-3H3. The Hall–Kier alpha value is -1.23. The lowest BCUT2D eigenvalue weighted by Crippen LogP contribution is -2.23. The Morgan fingerprint density at radius 3 is 2.84 bits per heavy atom. The lowest BCUT2D eigenvalue weighted by Gasteiger charge is -2.14. The van der Waals surface area contributed by atoms with Crippen LogP contribution in [0.3, 0.4) is 0 Å². The Balaban J connectivity index is 1.92. The molecule has 5 nitrogen and oxygen atoms in total. The number of nitrogen functional groups attached to an aromatic ring is 1. The molecule has 108 valence electrons. The average Bonchev–Trinajstić information content (AvgIpc) is 2.95. The first kappa shape index (κ1) is 14.2. The number of nitrogens with one attached hydrogen (secondary N) is 1. The summed E-state index contributed by atoms with van der Waals surface area (Å²) in [5.74, 6) is 1.71. The van der Waals surface area contributed by atoms with Crippen LogP contribution < -0.4 is 11.1 Å². The van der Waals surface area contributed by atoms with Crippen molar-refractivity contribution in [2.24, 2.45) is 13.0 Å². The maximum absolute atomic E-state index is 6.17. The van der Waals surface area contributed by atoms with Crippen molar-refractivity contribution in [1.82, 2.24) is 14.7 Å². The van der Waals surface area contributed by atoms with Crippen molar-refractivity contribution < 1.29 is 0 Å². The van der Waals surface area contributed by atoms with Gasteiger partial charge in [-0.15, -0.1) is 0 Å². The van der Waals surface area contributed by atoms with E-state index >= 15 is 0 Å². The van der Waals surface area contributed by atoms with Crippen LogP contribution in [-0.4, -0.2) is 40.9 Å². The van der Waals surface area contributed by atoms with Crippen LogP contribution in [0.5, 0.6) is 0 Å². The Kier molecular flexibility index (Phi) is 4.69. The summed E-state index contributed by atoms with van der Waals surface area (Å²) in [6.07, 6.45) is 3.31. The number of hydrogen-bond donors (Lipinski definition) is 2. The molecule has 2 rings (SSSR count). The van der Waals surface area contributed by atoms with Crippen LogP contribution in [0.2, 0.25) is 0 Å². The molecule has 1 fully saturated rings. The van der Waals surface area contributed by atoms with Crippen LogP contribution in [-0.2, 0) is 13.5 Å². The normalized spacial score (nSPS) is 20.1. The molecule has 5 heteroatoms. The first-order chi connectivity index (χ1) is 9.15. The summed E-state index contributed by atoms with van der Waals surface area (Å²) >= 11 is 0. The summed E-state index contributed by atoms with van der Waals surface area (Å²) in [4.78, 5) is 2.50. The zero-order chi connectivity index (χ0) is 13.8. The maximum Gasteiger partial charge on any atom is 0.147 e. The first-order valence-corrected chi connectivity index (χ1v) is 7.43. The number of nitrogens with zero attached hydrogens (tertiary/aromatic N) is 3. The maximum atomic E-state index is 6.17. The van der Waals surface area contributed by atoms with E-state index in [0.29, 0.717) is 0 Å². The Labute approximate surface area is 116 Å². The third-order valence-electron chi connectivity index (χ3n) is 4.02. The summed E-state index contributed by atoms with van der Waals surface area (Å²) in [5, 5.41) is 7.99. The van der Waals surface area contributed by atoms with Crippen molar-refractivity contribution >= 4 is 11.5 Å². The highest BCUT2D eigenvalue weighted by Gasteiger charge is 2.22. The molecule has 1 unspecified atom stereocenters. The van der Waals surface area contributed by atoms with E-state index in [2.05, 4.69) is 29.2 Å². The topological polar surface area (TPSA) is 59.1 Å². The number of aromatic nitrogens is 2. The van der Waals surface area contributed by atoms with Crippen molar-refractivity contribution in [1.29, 1.82) is 0 Å². The number of nitrogens with two attached hydrogens (primary N) is 1. The van der Waals surface area contributed by atoms with Crippen molar-refractivity contribution in [2.75, 3.05) is 37.2 Å². The van der Waals surface area contributed by atoms with Gasteiger partial charge in [-0.25, -0.2) is 0 Å². The molecule has 3 N–H and O–H groups in total. The van der Waals surface area contributed by atoms with Gasteiger partial charge >= 0.3 is 0 Å². The summed E-state index contributed by atoms with van der Waals surface area (Å²) < 4.78 is 1.88. The minimum absolute atomic E-state index is 0.726.